The fraction of sp³-hybridized carbons (Fsp3) is 0.667. The molecule has 74 valence electrons. The van der Waals surface area contributed by atoms with Crippen molar-refractivity contribution in [3.8, 4) is 0 Å². The largest absolute Gasteiger partial charge is 0.477 e. The summed E-state index contributed by atoms with van der Waals surface area (Å²) in [4.78, 5) is 4.29. The zero-order chi connectivity index (χ0) is 9.68. The number of nitrogens with zero attached hydrogens (tertiary/aromatic N) is 1. The molecule has 0 saturated carbocycles. The highest BCUT2D eigenvalue weighted by atomic mass is 16.5. The molecule has 4 nitrogen and oxygen atoms in total. The third-order valence-electron chi connectivity index (χ3n) is 2.14. The Bertz CT molecular complexity index is 223. The maximum Gasteiger partial charge on any atom is 0.213 e. The quantitative estimate of drug-likeness (QED) is 0.658. The Balaban J connectivity index is 2.59. The van der Waals surface area contributed by atoms with E-state index in [1.807, 2.05) is 6.92 Å². The first kappa shape index (κ1) is 10.1. The number of rotatable bonds is 3. The van der Waals surface area contributed by atoms with Crippen molar-refractivity contribution < 1.29 is 4.74 Å². The van der Waals surface area contributed by atoms with Crippen molar-refractivity contribution >= 4 is 5.90 Å². The fourth-order valence-corrected chi connectivity index (χ4v) is 1.18. The van der Waals surface area contributed by atoms with Crippen LogP contribution >= 0.6 is 0 Å². The molecule has 1 aliphatic rings. The molecule has 0 aromatic rings. The lowest BCUT2D eigenvalue weighted by Crippen LogP contribution is -2.29. The molecule has 0 bridgehead atoms. The van der Waals surface area contributed by atoms with Gasteiger partial charge in [0.05, 0.1) is 13.2 Å². The lowest BCUT2D eigenvalue weighted by Gasteiger charge is -2.21. The van der Waals surface area contributed by atoms with Crippen molar-refractivity contribution in [3.05, 3.63) is 11.8 Å². The number of nitrogens with two attached hydrogens (primary N) is 2. The second kappa shape index (κ2) is 4.87. The molecule has 0 aromatic carbocycles. The standard InChI is InChI=1S/C9H17N3O/c1-2-8(4-11)9-12-5-7(3-10)6-13-9/h4,7H,2-3,5-6,10-11H2,1H3/b8-4-. The minimum absolute atomic E-state index is 0.361. The number of ether oxygens (including phenoxy) is 1. The van der Waals surface area contributed by atoms with Gasteiger partial charge in [-0.15, -0.1) is 0 Å². The van der Waals surface area contributed by atoms with Crippen LogP contribution in [0.25, 0.3) is 0 Å². The predicted molar refractivity (Wildman–Crippen MR) is 53.4 cm³/mol. The molecule has 0 aliphatic carbocycles. The van der Waals surface area contributed by atoms with E-state index in [9.17, 15) is 0 Å². The molecule has 1 heterocycles. The Morgan fingerprint density at radius 2 is 2.54 bits per heavy atom. The van der Waals surface area contributed by atoms with E-state index in [1.54, 1.807) is 6.20 Å². The third-order valence-corrected chi connectivity index (χ3v) is 2.14. The summed E-state index contributed by atoms with van der Waals surface area (Å²) in [6, 6.07) is 0. The van der Waals surface area contributed by atoms with Gasteiger partial charge in [-0.2, -0.15) is 0 Å². The molecule has 1 aliphatic heterocycles. The molecule has 4 heteroatoms. The van der Waals surface area contributed by atoms with E-state index in [0.29, 0.717) is 25.0 Å². The topological polar surface area (TPSA) is 73.6 Å². The SMILES string of the molecule is CC/C(=C/N)C1=NCC(CN)CO1. The first-order valence-corrected chi connectivity index (χ1v) is 4.60. The fourth-order valence-electron chi connectivity index (χ4n) is 1.18. The van der Waals surface area contributed by atoms with Crippen LogP contribution in [0.1, 0.15) is 13.3 Å². The monoisotopic (exact) mass is 183 g/mol. The second-order valence-corrected chi connectivity index (χ2v) is 3.10. The van der Waals surface area contributed by atoms with E-state index < -0.39 is 0 Å². The van der Waals surface area contributed by atoms with Gasteiger partial charge in [0.15, 0.2) is 0 Å². The number of aliphatic imine (C=N–C) groups is 1. The Morgan fingerprint density at radius 3 is 2.92 bits per heavy atom. The van der Waals surface area contributed by atoms with Crippen LogP contribution < -0.4 is 11.5 Å². The Hall–Kier alpha value is -1.03. The molecule has 0 amide bonds. The molecule has 1 unspecified atom stereocenters. The number of hydrogen-bond acceptors (Lipinski definition) is 4. The van der Waals surface area contributed by atoms with E-state index in [4.69, 9.17) is 16.2 Å². The normalized spacial score (nSPS) is 23.7. The van der Waals surface area contributed by atoms with Gasteiger partial charge in [0, 0.05) is 24.2 Å². The van der Waals surface area contributed by atoms with Gasteiger partial charge in [-0.1, -0.05) is 6.92 Å². The van der Waals surface area contributed by atoms with Gasteiger partial charge in [-0.3, -0.25) is 4.99 Å². The van der Waals surface area contributed by atoms with E-state index in [-0.39, 0.29) is 0 Å². The number of hydrogen-bond donors (Lipinski definition) is 2. The predicted octanol–water partition coefficient (Wildman–Crippen LogP) is 0.243. The van der Waals surface area contributed by atoms with Crippen LogP contribution in [0.4, 0.5) is 0 Å². The minimum Gasteiger partial charge on any atom is -0.477 e. The lowest BCUT2D eigenvalue weighted by molar-refractivity contribution is 0.224. The van der Waals surface area contributed by atoms with E-state index >= 15 is 0 Å². The van der Waals surface area contributed by atoms with Crippen LogP contribution in [0.15, 0.2) is 16.8 Å². The Labute approximate surface area is 78.7 Å². The summed E-state index contributed by atoms with van der Waals surface area (Å²) in [6.45, 7) is 4.07. The van der Waals surface area contributed by atoms with E-state index in [1.165, 1.54) is 0 Å². The summed E-state index contributed by atoms with van der Waals surface area (Å²) in [5, 5.41) is 0. The van der Waals surface area contributed by atoms with Crippen molar-refractivity contribution in [1.29, 1.82) is 0 Å². The van der Waals surface area contributed by atoms with Crippen LogP contribution in [0, 0.1) is 5.92 Å². The van der Waals surface area contributed by atoms with Crippen LogP contribution in [-0.4, -0.2) is 25.6 Å². The van der Waals surface area contributed by atoms with Crippen LogP contribution in [0.5, 0.6) is 0 Å². The zero-order valence-electron chi connectivity index (χ0n) is 7.99. The van der Waals surface area contributed by atoms with Crippen LogP contribution in [0.3, 0.4) is 0 Å². The van der Waals surface area contributed by atoms with Gasteiger partial charge in [0.25, 0.3) is 0 Å². The summed E-state index contributed by atoms with van der Waals surface area (Å²) in [6.07, 6.45) is 2.41. The molecule has 0 aromatic heterocycles. The van der Waals surface area contributed by atoms with E-state index in [0.717, 1.165) is 18.5 Å². The molecule has 0 saturated heterocycles. The van der Waals surface area contributed by atoms with Crippen molar-refractivity contribution in [2.45, 2.75) is 13.3 Å². The van der Waals surface area contributed by atoms with E-state index in [2.05, 4.69) is 4.99 Å². The first-order chi connectivity index (χ1) is 6.31. The molecular formula is C9H17N3O. The van der Waals surface area contributed by atoms with Crippen molar-refractivity contribution in [2.75, 3.05) is 19.7 Å². The van der Waals surface area contributed by atoms with Gasteiger partial charge in [0.1, 0.15) is 0 Å². The average molecular weight is 183 g/mol. The maximum absolute atomic E-state index is 5.50. The molecule has 0 spiro atoms. The zero-order valence-corrected chi connectivity index (χ0v) is 7.99. The Morgan fingerprint density at radius 1 is 1.77 bits per heavy atom. The second-order valence-electron chi connectivity index (χ2n) is 3.10. The highest BCUT2D eigenvalue weighted by Crippen LogP contribution is 2.11. The highest BCUT2D eigenvalue weighted by Gasteiger charge is 2.16. The van der Waals surface area contributed by atoms with Crippen LogP contribution in [-0.2, 0) is 4.74 Å². The lowest BCUT2D eigenvalue weighted by atomic mass is 10.1. The molecule has 0 radical (unpaired) electrons. The average Bonchev–Trinajstić information content (AvgIpc) is 2.21. The highest BCUT2D eigenvalue weighted by molar-refractivity contribution is 5.93. The van der Waals surface area contributed by atoms with Crippen molar-refractivity contribution in [1.82, 2.24) is 0 Å². The molecule has 1 atom stereocenters. The van der Waals surface area contributed by atoms with Gasteiger partial charge in [-0.25, -0.2) is 0 Å². The Kier molecular flexibility index (Phi) is 3.76. The molecule has 0 fully saturated rings. The summed E-state index contributed by atoms with van der Waals surface area (Å²) >= 11 is 0. The van der Waals surface area contributed by atoms with Gasteiger partial charge in [-0.05, 0) is 6.42 Å². The van der Waals surface area contributed by atoms with Crippen molar-refractivity contribution in [2.24, 2.45) is 22.4 Å². The summed E-state index contributed by atoms with van der Waals surface area (Å²) < 4.78 is 5.45. The van der Waals surface area contributed by atoms with Crippen LogP contribution in [0.2, 0.25) is 0 Å². The molecule has 13 heavy (non-hydrogen) atoms. The van der Waals surface area contributed by atoms with Gasteiger partial charge < -0.3 is 16.2 Å². The molecular weight excluding hydrogens is 166 g/mol. The maximum atomic E-state index is 5.50. The smallest absolute Gasteiger partial charge is 0.213 e. The summed E-state index contributed by atoms with van der Waals surface area (Å²) in [5.74, 6) is 1.05. The summed E-state index contributed by atoms with van der Waals surface area (Å²) in [7, 11) is 0. The van der Waals surface area contributed by atoms with Crippen molar-refractivity contribution in [3.63, 3.8) is 0 Å². The molecule has 4 N–H and O–H groups in total. The summed E-state index contributed by atoms with van der Waals surface area (Å²) in [5.41, 5.74) is 11.9. The third kappa shape index (κ3) is 2.45. The minimum atomic E-state index is 0.361. The molecule has 1 rings (SSSR count). The van der Waals surface area contributed by atoms with Gasteiger partial charge >= 0.3 is 0 Å². The van der Waals surface area contributed by atoms with Gasteiger partial charge in [0.2, 0.25) is 5.90 Å². The first-order valence-electron chi connectivity index (χ1n) is 4.60.